The summed E-state index contributed by atoms with van der Waals surface area (Å²) in [5.41, 5.74) is -2.70. The van der Waals surface area contributed by atoms with Crippen LogP contribution in [-0.2, 0) is 11.0 Å². The fourth-order valence-electron chi connectivity index (χ4n) is 2.77. The van der Waals surface area contributed by atoms with Crippen LogP contribution in [0, 0.1) is 12.5 Å². The standard InChI is InChI=1S/C17H19F3N4O/c1-10(2)7-12-9-16(3,24-23-12)15(25)22-11-5-6-14(21-4)13(8-11)17(18,19)20/h5-6,8,10,12H,7,9H2,1-3H3,(H,22,25). The Labute approximate surface area is 144 Å². The van der Waals surface area contributed by atoms with Crippen molar-refractivity contribution >= 4 is 17.3 Å². The van der Waals surface area contributed by atoms with Crippen LogP contribution in [0.25, 0.3) is 4.85 Å². The maximum Gasteiger partial charge on any atom is 0.407 e. The first kappa shape index (κ1) is 18.9. The van der Waals surface area contributed by atoms with E-state index in [4.69, 9.17) is 6.57 Å². The lowest BCUT2D eigenvalue weighted by molar-refractivity contribution is -0.136. The SMILES string of the molecule is [C-]#[N+]c1ccc(NC(=O)C2(C)CC(CC(C)C)N=N2)cc1C(F)(F)F. The summed E-state index contributed by atoms with van der Waals surface area (Å²) in [6.45, 7) is 12.5. The van der Waals surface area contributed by atoms with Crippen LogP contribution in [0.1, 0.15) is 39.2 Å². The molecule has 134 valence electrons. The number of benzene rings is 1. The minimum Gasteiger partial charge on any atom is -0.324 e. The molecule has 0 saturated carbocycles. The fourth-order valence-corrected chi connectivity index (χ4v) is 2.77. The van der Waals surface area contributed by atoms with Crippen molar-refractivity contribution in [3.63, 3.8) is 0 Å². The molecule has 1 aliphatic heterocycles. The van der Waals surface area contributed by atoms with E-state index < -0.39 is 28.9 Å². The van der Waals surface area contributed by atoms with E-state index in [1.807, 2.05) is 13.8 Å². The lowest BCUT2D eigenvalue weighted by atomic mass is 9.91. The van der Waals surface area contributed by atoms with Crippen LogP contribution in [0.5, 0.6) is 0 Å². The quantitative estimate of drug-likeness (QED) is 0.742. The van der Waals surface area contributed by atoms with Gasteiger partial charge in [0.15, 0.2) is 11.2 Å². The molecule has 1 aromatic carbocycles. The number of alkyl halides is 3. The molecule has 0 aromatic heterocycles. The van der Waals surface area contributed by atoms with Crippen molar-refractivity contribution in [3.8, 4) is 0 Å². The average molecular weight is 352 g/mol. The number of halogens is 3. The summed E-state index contributed by atoms with van der Waals surface area (Å²) in [6, 6.07) is 3.03. The molecule has 1 aliphatic rings. The third kappa shape index (κ3) is 4.35. The van der Waals surface area contributed by atoms with Gasteiger partial charge in [-0.3, -0.25) is 4.79 Å². The Bertz CT molecular complexity index is 736. The highest BCUT2D eigenvalue weighted by Gasteiger charge is 2.41. The van der Waals surface area contributed by atoms with E-state index in [0.717, 1.165) is 18.6 Å². The average Bonchev–Trinajstić information content (AvgIpc) is 2.88. The molecule has 25 heavy (non-hydrogen) atoms. The zero-order valence-corrected chi connectivity index (χ0v) is 14.2. The number of carbonyl (C=O) groups is 1. The topological polar surface area (TPSA) is 58.2 Å². The van der Waals surface area contributed by atoms with E-state index in [0.29, 0.717) is 12.3 Å². The van der Waals surface area contributed by atoms with Crippen molar-refractivity contribution < 1.29 is 18.0 Å². The van der Waals surface area contributed by atoms with Crippen LogP contribution >= 0.6 is 0 Å². The number of anilines is 1. The van der Waals surface area contributed by atoms with Gasteiger partial charge >= 0.3 is 6.18 Å². The summed E-state index contributed by atoms with van der Waals surface area (Å²) in [6.07, 6.45) is -3.45. The van der Waals surface area contributed by atoms with Crippen LogP contribution in [0.4, 0.5) is 24.5 Å². The highest BCUT2D eigenvalue weighted by molar-refractivity contribution is 5.98. The number of amides is 1. The van der Waals surface area contributed by atoms with E-state index in [-0.39, 0.29) is 11.7 Å². The molecule has 0 saturated heterocycles. The Hall–Kier alpha value is -2.43. The monoisotopic (exact) mass is 352 g/mol. The van der Waals surface area contributed by atoms with Gasteiger partial charge in [0.25, 0.3) is 5.91 Å². The van der Waals surface area contributed by atoms with Crippen LogP contribution in [-0.4, -0.2) is 17.5 Å². The molecule has 0 fully saturated rings. The van der Waals surface area contributed by atoms with Crippen molar-refractivity contribution in [1.29, 1.82) is 0 Å². The van der Waals surface area contributed by atoms with Crippen molar-refractivity contribution in [2.45, 2.75) is 51.4 Å². The Balaban J connectivity index is 2.17. The van der Waals surface area contributed by atoms with Gasteiger partial charge in [-0.25, -0.2) is 4.85 Å². The van der Waals surface area contributed by atoms with E-state index in [2.05, 4.69) is 20.4 Å². The summed E-state index contributed by atoms with van der Waals surface area (Å²) < 4.78 is 39.0. The summed E-state index contributed by atoms with van der Waals surface area (Å²) >= 11 is 0. The molecule has 2 atom stereocenters. The lowest BCUT2D eigenvalue weighted by Gasteiger charge is -2.20. The fraction of sp³-hybridized carbons (Fsp3) is 0.529. The minimum atomic E-state index is -4.67. The van der Waals surface area contributed by atoms with Crippen molar-refractivity contribution in [1.82, 2.24) is 0 Å². The number of hydrogen-bond donors (Lipinski definition) is 1. The highest BCUT2D eigenvalue weighted by atomic mass is 19.4. The normalized spacial score (nSPS) is 22.9. The molecule has 0 bridgehead atoms. The van der Waals surface area contributed by atoms with Gasteiger partial charge in [0.05, 0.1) is 18.2 Å². The van der Waals surface area contributed by atoms with Crippen molar-refractivity contribution in [2.24, 2.45) is 16.1 Å². The van der Waals surface area contributed by atoms with E-state index in [1.165, 1.54) is 6.07 Å². The summed E-state index contributed by atoms with van der Waals surface area (Å²) in [5.74, 6) is -0.101. The van der Waals surface area contributed by atoms with Gasteiger partial charge in [0, 0.05) is 12.1 Å². The lowest BCUT2D eigenvalue weighted by Crippen LogP contribution is -2.38. The maximum absolute atomic E-state index is 13.0. The molecule has 8 heteroatoms. The number of nitrogens with one attached hydrogen (secondary N) is 1. The van der Waals surface area contributed by atoms with Gasteiger partial charge in [-0.05, 0) is 31.4 Å². The van der Waals surface area contributed by atoms with Gasteiger partial charge in [-0.2, -0.15) is 23.4 Å². The van der Waals surface area contributed by atoms with Crippen molar-refractivity contribution in [3.05, 3.63) is 35.2 Å². The maximum atomic E-state index is 13.0. The highest BCUT2D eigenvalue weighted by Crippen LogP contribution is 2.38. The first-order valence-corrected chi connectivity index (χ1v) is 7.87. The molecule has 2 rings (SSSR count). The summed E-state index contributed by atoms with van der Waals surface area (Å²) in [4.78, 5) is 15.3. The van der Waals surface area contributed by atoms with E-state index in [9.17, 15) is 18.0 Å². The van der Waals surface area contributed by atoms with Crippen LogP contribution in [0.15, 0.2) is 28.4 Å². The molecule has 0 radical (unpaired) electrons. The molecule has 0 aliphatic carbocycles. The third-order valence-electron chi connectivity index (χ3n) is 3.99. The molecule has 1 aromatic rings. The largest absolute Gasteiger partial charge is 0.407 e. The second kappa shape index (κ2) is 6.82. The molecule has 0 spiro atoms. The second-order valence-corrected chi connectivity index (χ2v) is 6.77. The van der Waals surface area contributed by atoms with Gasteiger partial charge in [-0.1, -0.05) is 19.9 Å². The van der Waals surface area contributed by atoms with Gasteiger partial charge in [0.2, 0.25) is 0 Å². The van der Waals surface area contributed by atoms with Crippen LogP contribution in [0.3, 0.4) is 0 Å². The van der Waals surface area contributed by atoms with Crippen molar-refractivity contribution in [2.75, 3.05) is 5.32 Å². The summed E-state index contributed by atoms with van der Waals surface area (Å²) in [5, 5.41) is 10.6. The number of nitrogens with zero attached hydrogens (tertiary/aromatic N) is 3. The molecule has 1 amide bonds. The van der Waals surface area contributed by atoms with Crippen LogP contribution < -0.4 is 5.32 Å². The Kier molecular flexibility index (Phi) is 5.16. The molecular weight excluding hydrogens is 333 g/mol. The first-order chi connectivity index (χ1) is 11.5. The molecule has 1 N–H and O–H groups in total. The molecule has 1 heterocycles. The Morgan fingerprint density at radius 2 is 2.16 bits per heavy atom. The first-order valence-electron chi connectivity index (χ1n) is 7.87. The molecular formula is C17H19F3N4O. The number of rotatable bonds is 4. The third-order valence-corrected chi connectivity index (χ3v) is 3.99. The Morgan fingerprint density at radius 3 is 2.72 bits per heavy atom. The molecule has 5 nitrogen and oxygen atoms in total. The van der Waals surface area contributed by atoms with Gasteiger partial charge in [0.1, 0.15) is 0 Å². The van der Waals surface area contributed by atoms with Gasteiger partial charge in [-0.15, -0.1) is 0 Å². The number of azo groups is 1. The Morgan fingerprint density at radius 1 is 1.48 bits per heavy atom. The predicted octanol–water partition coefficient (Wildman–Crippen LogP) is 5.22. The van der Waals surface area contributed by atoms with E-state index >= 15 is 0 Å². The van der Waals surface area contributed by atoms with Gasteiger partial charge < -0.3 is 5.32 Å². The smallest absolute Gasteiger partial charge is 0.324 e. The number of hydrogen-bond acceptors (Lipinski definition) is 3. The van der Waals surface area contributed by atoms with E-state index in [1.54, 1.807) is 6.92 Å². The minimum absolute atomic E-state index is 0.0199. The zero-order chi connectivity index (χ0) is 18.8. The zero-order valence-electron chi connectivity index (χ0n) is 14.2. The van der Waals surface area contributed by atoms with Crippen LogP contribution in [0.2, 0.25) is 0 Å². The predicted molar refractivity (Wildman–Crippen MR) is 87.5 cm³/mol. The number of carbonyl (C=O) groups excluding carboxylic acids is 1. The second-order valence-electron chi connectivity index (χ2n) is 6.77. The summed E-state index contributed by atoms with van der Waals surface area (Å²) in [7, 11) is 0. The molecule has 2 unspecified atom stereocenters.